The second-order valence-corrected chi connectivity index (χ2v) is 1.80. The van der Waals surface area contributed by atoms with Crippen molar-refractivity contribution in [2.75, 3.05) is 6.54 Å². The lowest BCUT2D eigenvalue weighted by Gasteiger charge is -2.04. The maximum atomic E-state index is 10.1. The minimum absolute atomic E-state index is 0.0729. The zero-order valence-corrected chi connectivity index (χ0v) is 5.07. The standard InChI is InChI=1S/C5H6N2O3/c8-5-3-4(7(9)10)1-2-6-5/h1,3,6,8H,2H2. The van der Waals surface area contributed by atoms with Crippen molar-refractivity contribution in [3.8, 4) is 0 Å². The number of hydrogen-bond donors (Lipinski definition) is 2. The summed E-state index contributed by atoms with van der Waals surface area (Å²) in [6.07, 6.45) is 2.46. The number of aliphatic hydroxyl groups is 1. The Balaban J connectivity index is 2.79. The van der Waals surface area contributed by atoms with Crippen LogP contribution in [0.1, 0.15) is 0 Å². The van der Waals surface area contributed by atoms with Gasteiger partial charge in [0, 0.05) is 12.6 Å². The molecule has 1 heterocycles. The van der Waals surface area contributed by atoms with Crippen LogP contribution in [0, 0.1) is 10.1 Å². The second kappa shape index (κ2) is 2.38. The summed E-state index contributed by atoms with van der Waals surface area (Å²) in [6, 6.07) is 0. The normalized spacial score (nSPS) is 16.8. The van der Waals surface area contributed by atoms with Crippen molar-refractivity contribution >= 4 is 0 Å². The number of nitrogens with zero attached hydrogens (tertiary/aromatic N) is 1. The fraction of sp³-hybridized carbons (Fsp3) is 0.200. The molecule has 0 fully saturated rings. The average molecular weight is 142 g/mol. The molecule has 0 saturated heterocycles. The predicted octanol–water partition coefficient (Wildman–Crippen LogP) is 0.150. The Morgan fingerprint density at radius 3 is 2.90 bits per heavy atom. The van der Waals surface area contributed by atoms with E-state index in [1.54, 1.807) is 0 Å². The third kappa shape index (κ3) is 1.25. The van der Waals surface area contributed by atoms with E-state index in [2.05, 4.69) is 5.32 Å². The smallest absolute Gasteiger partial charge is 0.272 e. The summed E-state index contributed by atoms with van der Waals surface area (Å²) in [5.74, 6) is -0.158. The van der Waals surface area contributed by atoms with Gasteiger partial charge >= 0.3 is 0 Å². The van der Waals surface area contributed by atoms with Crippen LogP contribution in [0.25, 0.3) is 0 Å². The highest BCUT2D eigenvalue weighted by molar-refractivity contribution is 5.17. The predicted molar refractivity (Wildman–Crippen MR) is 33.8 cm³/mol. The molecule has 0 aromatic heterocycles. The summed E-state index contributed by atoms with van der Waals surface area (Å²) < 4.78 is 0. The number of hydrogen-bond acceptors (Lipinski definition) is 4. The highest BCUT2D eigenvalue weighted by Gasteiger charge is 2.11. The molecule has 10 heavy (non-hydrogen) atoms. The molecule has 0 amide bonds. The lowest BCUT2D eigenvalue weighted by atomic mass is 10.3. The van der Waals surface area contributed by atoms with E-state index in [-0.39, 0.29) is 11.6 Å². The molecule has 0 saturated carbocycles. The van der Waals surface area contributed by atoms with Gasteiger partial charge in [0.2, 0.25) is 0 Å². The third-order valence-corrected chi connectivity index (χ3v) is 1.09. The molecule has 2 N–H and O–H groups in total. The van der Waals surface area contributed by atoms with Crippen LogP contribution in [0.3, 0.4) is 0 Å². The van der Waals surface area contributed by atoms with E-state index in [9.17, 15) is 10.1 Å². The van der Waals surface area contributed by atoms with Gasteiger partial charge in [0.1, 0.15) is 0 Å². The largest absolute Gasteiger partial charge is 0.495 e. The molecule has 0 unspecified atom stereocenters. The van der Waals surface area contributed by atoms with E-state index in [1.807, 2.05) is 0 Å². The van der Waals surface area contributed by atoms with Crippen LogP contribution in [0.15, 0.2) is 23.7 Å². The van der Waals surface area contributed by atoms with E-state index in [0.717, 1.165) is 6.08 Å². The van der Waals surface area contributed by atoms with Crippen molar-refractivity contribution < 1.29 is 10.0 Å². The van der Waals surface area contributed by atoms with Gasteiger partial charge in [-0.2, -0.15) is 0 Å². The minimum atomic E-state index is -0.545. The minimum Gasteiger partial charge on any atom is -0.495 e. The Morgan fingerprint density at radius 2 is 2.50 bits per heavy atom. The number of dihydropyridines is 1. The molecule has 1 aliphatic heterocycles. The molecule has 0 aliphatic carbocycles. The molecule has 5 nitrogen and oxygen atoms in total. The lowest BCUT2D eigenvalue weighted by molar-refractivity contribution is -0.419. The maximum Gasteiger partial charge on any atom is 0.272 e. The van der Waals surface area contributed by atoms with Crippen LogP contribution in [0.2, 0.25) is 0 Å². The summed E-state index contributed by atoms with van der Waals surface area (Å²) >= 11 is 0. The first kappa shape index (κ1) is 6.60. The SMILES string of the molecule is O=[N+]([O-])C1=CCNC(O)=C1. The molecule has 0 atom stereocenters. The van der Waals surface area contributed by atoms with Gasteiger partial charge in [-0.3, -0.25) is 10.1 Å². The maximum absolute atomic E-state index is 10.1. The summed E-state index contributed by atoms with van der Waals surface area (Å²) in [4.78, 5) is 9.51. The van der Waals surface area contributed by atoms with Crippen molar-refractivity contribution in [2.24, 2.45) is 0 Å². The molecule has 0 aromatic carbocycles. The van der Waals surface area contributed by atoms with E-state index in [1.165, 1.54) is 6.08 Å². The van der Waals surface area contributed by atoms with Gasteiger partial charge in [-0.15, -0.1) is 0 Å². The van der Waals surface area contributed by atoms with E-state index >= 15 is 0 Å². The average Bonchev–Trinajstić information content (AvgIpc) is 1.88. The van der Waals surface area contributed by atoms with E-state index in [0.29, 0.717) is 6.54 Å². The fourth-order valence-electron chi connectivity index (χ4n) is 0.637. The first-order valence-corrected chi connectivity index (χ1v) is 2.69. The summed E-state index contributed by atoms with van der Waals surface area (Å²) in [5.41, 5.74) is -0.0729. The second-order valence-electron chi connectivity index (χ2n) is 1.80. The fourth-order valence-corrected chi connectivity index (χ4v) is 0.637. The molecule has 0 bridgehead atoms. The van der Waals surface area contributed by atoms with Gasteiger partial charge in [0.25, 0.3) is 5.70 Å². The highest BCUT2D eigenvalue weighted by Crippen LogP contribution is 2.03. The Bertz CT molecular complexity index is 219. The molecule has 0 aromatic rings. The summed E-state index contributed by atoms with van der Waals surface area (Å²) in [6.45, 7) is 0.304. The summed E-state index contributed by atoms with van der Waals surface area (Å²) in [5, 5.41) is 21.3. The van der Waals surface area contributed by atoms with Gasteiger partial charge in [-0.05, 0) is 0 Å². The van der Waals surface area contributed by atoms with Gasteiger partial charge in [0.05, 0.1) is 11.0 Å². The van der Waals surface area contributed by atoms with Crippen molar-refractivity contribution in [2.45, 2.75) is 0 Å². The molecular weight excluding hydrogens is 136 g/mol. The molecular formula is C5H6N2O3. The number of rotatable bonds is 1. The molecule has 1 aliphatic rings. The molecule has 54 valence electrons. The van der Waals surface area contributed by atoms with Gasteiger partial charge in [-0.1, -0.05) is 0 Å². The molecule has 1 rings (SSSR count). The Morgan fingerprint density at radius 1 is 1.80 bits per heavy atom. The Labute approximate surface area is 56.8 Å². The zero-order valence-electron chi connectivity index (χ0n) is 5.07. The van der Waals surface area contributed by atoms with Crippen LogP contribution < -0.4 is 5.32 Å². The van der Waals surface area contributed by atoms with Gasteiger partial charge in [-0.25, -0.2) is 0 Å². The highest BCUT2D eigenvalue weighted by atomic mass is 16.6. The lowest BCUT2D eigenvalue weighted by Crippen LogP contribution is -2.18. The number of aliphatic hydroxyl groups excluding tert-OH is 1. The number of nitro groups is 1. The van der Waals surface area contributed by atoms with Crippen LogP contribution in [0.5, 0.6) is 0 Å². The van der Waals surface area contributed by atoms with Gasteiger partial charge in [0.15, 0.2) is 5.88 Å². The van der Waals surface area contributed by atoms with Crippen molar-refractivity contribution in [3.63, 3.8) is 0 Å². The van der Waals surface area contributed by atoms with Gasteiger partial charge < -0.3 is 10.4 Å². The van der Waals surface area contributed by atoms with Crippen molar-refractivity contribution in [1.29, 1.82) is 0 Å². The molecule has 5 heteroatoms. The molecule has 0 radical (unpaired) electrons. The molecule has 0 spiro atoms. The van der Waals surface area contributed by atoms with Crippen LogP contribution in [-0.2, 0) is 0 Å². The van der Waals surface area contributed by atoms with Crippen LogP contribution in [-0.4, -0.2) is 16.6 Å². The quantitative estimate of drug-likeness (QED) is 0.403. The van der Waals surface area contributed by atoms with Crippen molar-refractivity contribution in [1.82, 2.24) is 5.32 Å². The zero-order chi connectivity index (χ0) is 7.56. The van der Waals surface area contributed by atoms with Crippen molar-refractivity contribution in [3.05, 3.63) is 33.8 Å². The van der Waals surface area contributed by atoms with Crippen LogP contribution >= 0.6 is 0 Å². The Kier molecular flexibility index (Phi) is 1.57. The topological polar surface area (TPSA) is 75.4 Å². The summed E-state index contributed by atoms with van der Waals surface area (Å²) in [7, 11) is 0. The first-order chi connectivity index (χ1) is 4.70. The third-order valence-electron chi connectivity index (χ3n) is 1.09. The van der Waals surface area contributed by atoms with Crippen LogP contribution in [0.4, 0.5) is 0 Å². The monoisotopic (exact) mass is 142 g/mol. The van der Waals surface area contributed by atoms with E-state index < -0.39 is 4.92 Å². The first-order valence-electron chi connectivity index (χ1n) is 2.69. The Hall–Kier alpha value is -1.52. The number of nitrogens with one attached hydrogen (secondary N) is 1. The van der Waals surface area contributed by atoms with E-state index in [4.69, 9.17) is 5.11 Å². The number of allylic oxidation sites excluding steroid dienone is 1.